The third kappa shape index (κ3) is 2.72. The Hall–Kier alpha value is -0.810. The number of hydrogen-bond acceptors (Lipinski definition) is 5. The Morgan fingerprint density at radius 3 is 2.71 bits per heavy atom. The Balaban J connectivity index is 2.41. The highest BCUT2D eigenvalue weighted by Gasteiger charge is 2.21. The van der Waals surface area contributed by atoms with Gasteiger partial charge in [-0.3, -0.25) is 4.79 Å². The van der Waals surface area contributed by atoms with Crippen LogP contribution in [0.2, 0.25) is 5.15 Å². The normalized spacial score (nSPS) is 15.3. The number of nitrogens with zero attached hydrogens (tertiary/aromatic N) is 3. The lowest BCUT2D eigenvalue weighted by Crippen LogP contribution is -2.21. The molecule has 0 N–H and O–H groups in total. The van der Waals surface area contributed by atoms with Gasteiger partial charge in [-0.2, -0.15) is 0 Å². The van der Waals surface area contributed by atoms with Crippen LogP contribution in [0.3, 0.4) is 0 Å². The maximum atomic E-state index is 11.1. The summed E-state index contributed by atoms with van der Waals surface area (Å²) in [4.78, 5) is 21.7. The molecule has 0 saturated carbocycles. The summed E-state index contributed by atoms with van der Waals surface area (Å²) in [6.07, 6.45) is 3.02. The lowest BCUT2D eigenvalue weighted by Gasteiger charge is -2.19. The van der Waals surface area contributed by atoms with E-state index in [1.807, 2.05) is 6.92 Å². The van der Waals surface area contributed by atoms with Crippen molar-refractivity contribution in [2.24, 2.45) is 0 Å². The molecule has 0 aliphatic carbocycles. The minimum Gasteiger partial charge on any atom is -0.356 e. The van der Waals surface area contributed by atoms with Crippen LogP contribution in [0.15, 0.2) is 5.16 Å². The predicted octanol–water partition coefficient (Wildman–Crippen LogP) is 2.65. The molecule has 2 heterocycles. The number of rotatable bonds is 4. The second-order valence-electron chi connectivity index (χ2n) is 3.78. The molecule has 0 bridgehead atoms. The molecule has 1 aromatic rings. The molecule has 1 aliphatic heterocycles. The number of thioether (sulfide) groups is 1. The van der Waals surface area contributed by atoms with Crippen molar-refractivity contribution in [3.05, 3.63) is 10.7 Å². The van der Waals surface area contributed by atoms with E-state index >= 15 is 0 Å². The van der Waals surface area contributed by atoms with Gasteiger partial charge in [-0.15, -0.1) is 0 Å². The van der Waals surface area contributed by atoms with Gasteiger partial charge in [-0.25, -0.2) is 9.97 Å². The lowest BCUT2D eigenvalue weighted by atomic mass is 10.3. The van der Waals surface area contributed by atoms with Crippen molar-refractivity contribution in [1.29, 1.82) is 0 Å². The van der Waals surface area contributed by atoms with Gasteiger partial charge in [0.1, 0.15) is 11.0 Å². The van der Waals surface area contributed by atoms with Crippen molar-refractivity contribution >= 4 is 35.5 Å². The molecule has 0 atom stereocenters. The van der Waals surface area contributed by atoms with Crippen LogP contribution in [0, 0.1) is 0 Å². The number of anilines is 1. The van der Waals surface area contributed by atoms with Gasteiger partial charge in [-0.05, 0) is 18.6 Å². The number of carbonyl (C=O) groups excluding carboxylic acids is 1. The Morgan fingerprint density at radius 2 is 2.12 bits per heavy atom. The average molecular weight is 272 g/mol. The summed E-state index contributed by atoms with van der Waals surface area (Å²) in [5.74, 6) is 1.57. The summed E-state index contributed by atoms with van der Waals surface area (Å²) in [7, 11) is 0. The number of carbonyl (C=O) groups is 1. The van der Waals surface area contributed by atoms with Crippen LogP contribution in [0.5, 0.6) is 0 Å². The van der Waals surface area contributed by atoms with Crippen LogP contribution < -0.4 is 4.90 Å². The maximum Gasteiger partial charge on any atom is 0.190 e. The standard InChI is InChI=1S/C11H14ClN3OS/c1-2-17-11-13-9(12)8(7-16)10(14-11)15-5-3-4-6-15/h7H,2-6H2,1H3. The SMILES string of the molecule is CCSc1nc(Cl)c(C=O)c(N2CCCC2)n1. The van der Waals surface area contributed by atoms with Gasteiger partial charge >= 0.3 is 0 Å². The van der Waals surface area contributed by atoms with Crippen LogP contribution >= 0.6 is 23.4 Å². The summed E-state index contributed by atoms with van der Waals surface area (Å²) in [5, 5.41) is 0.901. The topological polar surface area (TPSA) is 46.1 Å². The Morgan fingerprint density at radius 1 is 1.41 bits per heavy atom. The lowest BCUT2D eigenvalue weighted by molar-refractivity contribution is 0.112. The molecule has 4 nitrogen and oxygen atoms in total. The maximum absolute atomic E-state index is 11.1. The smallest absolute Gasteiger partial charge is 0.190 e. The van der Waals surface area contributed by atoms with Gasteiger partial charge in [0.2, 0.25) is 0 Å². The monoisotopic (exact) mass is 271 g/mol. The fourth-order valence-corrected chi connectivity index (χ4v) is 2.70. The number of aromatic nitrogens is 2. The molecule has 0 aromatic carbocycles. The summed E-state index contributed by atoms with van der Waals surface area (Å²) in [6, 6.07) is 0. The average Bonchev–Trinajstić information content (AvgIpc) is 2.82. The highest BCUT2D eigenvalue weighted by Crippen LogP contribution is 2.28. The number of hydrogen-bond donors (Lipinski definition) is 0. The molecule has 0 unspecified atom stereocenters. The van der Waals surface area contributed by atoms with Crippen molar-refractivity contribution in [1.82, 2.24) is 9.97 Å². The minimum atomic E-state index is 0.257. The zero-order valence-electron chi connectivity index (χ0n) is 9.65. The Kier molecular flexibility index (Phi) is 4.23. The van der Waals surface area contributed by atoms with Crippen LogP contribution in [0.4, 0.5) is 5.82 Å². The van der Waals surface area contributed by atoms with Crippen LogP contribution in [0.25, 0.3) is 0 Å². The molecular formula is C11H14ClN3OS. The first-order valence-electron chi connectivity index (χ1n) is 5.66. The molecule has 1 saturated heterocycles. The summed E-state index contributed by atoms with van der Waals surface area (Å²) >= 11 is 7.56. The Labute approximate surface area is 110 Å². The van der Waals surface area contributed by atoms with Gasteiger partial charge in [-0.1, -0.05) is 30.3 Å². The molecule has 0 spiro atoms. The van der Waals surface area contributed by atoms with Gasteiger partial charge in [0.05, 0.1) is 5.56 Å². The molecular weight excluding hydrogens is 258 g/mol. The number of aldehydes is 1. The largest absolute Gasteiger partial charge is 0.356 e. The van der Waals surface area contributed by atoms with Crippen molar-refractivity contribution < 1.29 is 4.79 Å². The van der Waals surface area contributed by atoms with E-state index in [2.05, 4.69) is 14.9 Å². The molecule has 6 heteroatoms. The third-order valence-electron chi connectivity index (χ3n) is 2.66. The molecule has 1 fully saturated rings. The zero-order valence-corrected chi connectivity index (χ0v) is 11.2. The molecule has 0 amide bonds. The zero-order chi connectivity index (χ0) is 12.3. The van der Waals surface area contributed by atoms with Gasteiger partial charge in [0.25, 0.3) is 0 Å². The van der Waals surface area contributed by atoms with E-state index < -0.39 is 0 Å². The van der Waals surface area contributed by atoms with Crippen molar-refractivity contribution in [2.45, 2.75) is 24.9 Å². The molecule has 17 heavy (non-hydrogen) atoms. The van der Waals surface area contributed by atoms with E-state index in [1.165, 1.54) is 11.8 Å². The van der Waals surface area contributed by atoms with Crippen molar-refractivity contribution in [3.63, 3.8) is 0 Å². The fraction of sp³-hybridized carbons (Fsp3) is 0.545. The van der Waals surface area contributed by atoms with Crippen LogP contribution in [-0.2, 0) is 0 Å². The predicted molar refractivity (Wildman–Crippen MR) is 70.3 cm³/mol. The van der Waals surface area contributed by atoms with E-state index in [0.717, 1.165) is 38.0 Å². The molecule has 0 radical (unpaired) electrons. The summed E-state index contributed by atoms with van der Waals surface area (Å²) < 4.78 is 0. The third-order valence-corrected chi connectivity index (χ3v) is 3.67. The van der Waals surface area contributed by atoms with Gasteiger partial charge < -0.3 is 4.90 Å². The summed E-state index contributed by atoms with van der Waals surface area (Å²) in [5.41, 5.74) is 0.411. The summed E-state index contributed by atoms with van der Waals surface area (Å²) in [6.45, 7) is 3.90. The van der Waals surface area contributed by atoms with E-state index in [0.29, 0.717) is 16.5 Å². The minimum absolute atomic E-state index is 0.257. The van der Waals surface area contributed by atoms with E-state index in [-0.39, 0.29) is 5.15 Å². The molecule has 1 aliphatic rings. The van der Waals surface area contributed by atoms with Gasteiger partial charge in [0.15, 0.2) is 11.4 Å². The van der Waals surface area contributed by atoms with E-state index in [9.17, 15) is 4.79 Å². The second-order valence-corrected chi connectivity index (χ2v) is 5.37. The van der Waals surface area contributed by atoms with Crippen molar-refractivity contribution in [3.8, 4) is 0 Å². The second kappa shape index (κ2) is 5.69. The van der Waals surface area contributed by atoms with E-state index in [4.69, 9.17) is 11.6 Å². The highest BCUT2D eigenvalue weighted by molar-refractivity contribution is 7.99. The van der Waals surface area contributed by atoms with Crippen LogP contribution in [-0.4, -0.2) is 35.1 Å². The van der Waals surface area contributed by atoms with Gasteiger partial charge in [0, 0.05) is 13.1 Å². The first-order chi connectivity index (χ1) is 8.26. The quantitative estimate of drug-likeness (QED) is 0.365. The van der Waals surface area contributed by atoms with Crippen molar-refractivity contribution in [2.75, 3.05) is 23.7 Å². The fourth-order valence-electron chi connectivity index (χ4n) is 1.88. The van der Waals surface area contributed by atoms with E-state index in [1.54, 1.807) is 0 Å². The highest BCUT2D eigenvalue weighted by atomic mass is 35.5. The number of halogens is 1. The molecule has 2 rings (SSSR count). The first-order valence-corrected chi connectivity index (χ1v) is 7.03. The Bertz CT molecular complexity index is 421. The van der Waals surface area contributed by atoms with Crippen LogP contribution in [0.1, 0.15) is 30.1 Å². The molecule has 92 valence electrons. The first kappa shape index (κ1) is 12.6. The molecule has 1 aromatic heterocycles.